The predicted molar refractivity (Wildman–Crippen MR) is 133 cm³/mol. The van der Waals surface area contributed by atoms with Gasteiger partial charge in [0.05, 0.1) is 5.69 Å². The molecule has 1 atom stereocenters. The minimum Gasteiger partial charge on any atom is -0.295 e. The molecule has 3 rings (SSSR count). The number of hydrogen-bond acceptors (Lipinski definition) is 2. The van der Waals surface area contributed by atoms with Crippen LogP contribution in [0.5, 0.6) is 0 Å². The Labute approximate surface area is 189 Å². The van der Waals surface area contributed by atoms with Crippen LogP contribution in [0.4, 0.5) is 0 Å². The van der Waals surface area contributed by atoms with Gasteiger partial charge in [-0.2, -0.15) is 0 Å². The van der Waals surface area contributed by atoms with E-state index in [1.54, 1.807) is 0 Å². The second kappa shape index (κ2) is 10.2. The molecular formula is C29H38N2. The first-order valence-electron chi connectivity index (χ1n) is 11.7. The first kappa shape index (κ1) is 23.2. The molecule has 2 nitrogen and oxygen atoms in total. The van der Waals surface area contributed by atoms with Crippen LogP contribution in [0.3, 0.4) is 0 Å². The highest BCUT2D eigenvalue weighted by Crippen LogP contribution is 2.32. The SMILES string of the molecule is CCc1cccc(CC)c1-c1cc(C)c(CN(C)C(c2ccccc2)C(C)C)c(C)n1. The molecule has 164 valence electrons. The van der Waals surface area contributed by atoms with E-state index in [1.807, 2.05) is 0 Å². The fraction of sp³-hybridized carbons (Fsp3) is 0.414. The van der Waals surface area contributed by atoms with Crippen molar-refractivity contribution in [3.05, 3.63) is 88.1 Å². The molecule has 0 aliphatic carbocycles. The maximum Gasteiger partial charge on any atom is 0.0713 e. The van der Waals surface area contributed by atoms with Gasteiger partial charge in [0.15, 0.2) is 0 Å². The molecule has 0 saturated carbocycles. The summed E-state index contributed by atoms with van der Waals surface area (Å²) in [7, 11) is 2.24. The van der Waals surface area contributed by atoms with Gasteiger partial charge in [0, 0.05) is 23.8 Å². The van der Waals surface area contributed by atoms with Crippen LogP contribution in [0.2, 0.25) is 0 Å². The summed E-state index contributed by atoms with van der Waals surface area (Å²) in [5, 5.41) is 0. The molecule has 0 spiro atoms. The standard InChI is InChI=1S/C29H38N2/c1-8-23-16-13-17-24(9-2)28(23)27-18-21(5)26(22(6)30-27)19-31(7)29(20(3)4)25-14-11-10-12-15-25/h10-18,20,29H,8-9,19H2,1-7H3. The number of rotatable bonds is 8. The van der Waals surface area contributed by atoms with E-state index < -0.39 is 0 Å². The van der Waals surface area contributed by atoms with Gasteiger partial charge >= 0.3 is 0 Å². The number of benzene rings is 2. The summed E-state index contributed by atoms with van der Waals surface area (Å²) in [6, 6.07) is 20.2. The van der Waals surface area contributed by atoms with Crippen molar-refractivity contribution in [2.45, 2.75) is 67.0 Å². The van der Waals surface area contributed by atoms with E-state index in [0.29, 0.717) is 12.0 Å². The second-order valence-corrected chi connectivity index (χ2v) is 9.06. The van der Waals surface area contributed by atoms with Gasteiger partial charge in [-0.25, -0.2) is 0 Å². The third kappa shape index (κ3) is 5.07. The van der Waals surface area contributed by atoms with E-state index >= 15 is 0 Å². The van der Waals surface area contributed by atoms with Crippen molar-refractivity contribution in [2.24, 2.45) is 5.92 Å². The highest BCUT2D eigenvalue weighted by Gasteiger charge is 2.22. The molecule has 0 aliphatic rings. The van der Waals surface area contributed by atoms with Gasteiger partial charge in [-0.15, -0.1) is 0 Å². The number of hydrogen-bond donors (Lipinski definition) is 0. The smallest absolute Gasteiger partial charge is 0.0713 e. The largest absolute Gasteiger partial charge is 0.295 e. The zero-order chi connectivity index (χ0) is 22.5. The third-order valence-corrected chi connectivity index (χ3v) is 6.46. The van der Waals surface area contributed by atoms with E-state index in [2.05, 4.69) is 108 Å². The Balaban J connectivity index is 1.97. The maximum atomic E-state index is 5.12. The van der Waals surface area contributed by atoms with Crippen LogP contribution in [-0.2, 0) is 19.4 Å². The second-order valence-electron chi connectivity index (χ2n) is 9.06. The fourth-order valence-electron chi connectivity index (χ4n) is 4.94. The fourth-order valence-corrected chi connectivity index (χ4v) is 4.94. The van der Waals surface area contributed by atoms with E-state index in [-0.39, 0.29) is 0 Å². The number of aromatic nitrogens is 1. The third-order valence-electron chi connectivity index (χ3n) is 6.46. The zero-order valence-corrected chi connectivity index (χ0v) is 20.4. The van der Waals surface area contributed by atoms with Crippen molar-refractivity contribution in [1.82, 2.24) is 9.88 Å². The van der Waals surface area contributed by atoms with Gasteiger partial charge in [0.25, 0.3) is 0 Å². The molecule has 1 unspecified atom stereocenters. The molecule has 0 saturated heterocycles. The summed E-state index contributed by atoms with van der Waals surface area (Å²) >= 11 is 0. The average molecular weight is 415 g/mol. The van der Waals surface area contributed by atoms with Crippen molar-refractivity contribution >= 4 is 0 Å². The molecule has 0 amide bonds. The molecule has 2 aromatic carbocycles. The summed E-state index contributed by atoms with van der Waals surface area (Å²) < 4.78 is 0. The molecule has 1 heterocycles. The lowest BCUT2D eigenvalue weighted by atomic mass is 9.92. The number of aryl methyl sites for hydroxylation is 4. The maximum absolute atomic E-state index is 5.12. The summed E-state index contributed by atoms with van der Waals surface area (Å²) in [5.41, 5.74) is 10.4. The molecule has 1 aromatic heterocycles. The molecule has 0 fully saturated rings. The minimum absolute atomic E-state index is 0.382. The molecule has 31 heavy (non-hydrogen) atoms. The van der Waals surface area contributed by atoms with Gasteiger partial charge in [-0.05, 0) is 73.5 Å². The Hall–Kier alpha value is -2.45. The molecular weight excluding hydrogens is 376 g/mol. The highest BCUT2D eigenvalue weighted by atomic mass is 15.1. The average Bonchev–Trinajstić information content (AvgIpc) is 2.76. The molecule has 0 N–H and O–H groups in total. The van der Waals surface area contributed by atoms with Crippen LogP contribution in [0.1, 0.15) is 67.2 Å². The van der Waals surface area contributed by atoms with E-state index in [1.165, 1.54) is 33.4 Å². The Kier molecular flexibility index (Phi) is 7.67. The lowest BCUT2D eigenvalue weighted by molar-refractivity contribution is 0.185. The molecule has 0 radical (unpaired) electrons. The molecule has 0 bridgehead atoms. The van der Waals surface area contributed by atoms with Gasteiger partial charge in [0.1, 0.15) is 0 Å². The van der Waals surface area contributed by atoms with Crippen LogP contribution >= 0.6 is 0 Å². The van der Waals surface area contributed by atoms with Crippen LogP contribution in [0.25, 0.3) is 11.3 Å². The summed E-state index contributed by atoms with van der Waals surface area (Å²) in [6.07, 6.45) is 2.06. The van der Waals surface area contributed by atoms with Crippen LogP contribution < -0.4 is 0 Å². The van der Waals surface area contributed by atoms with E-state index in [9.17, 15) is 0 Å². The molecule has 2 heteroatoms. The lowest BCUT2D eigenvalue weighted by Gasteiger charge is -2.32. The Morgan fingerprint density at radius 3 is 2.00 bits per heavy atom. The Morgan fingerprint density at radius 1 is 0.871 bits per heavy atom. The van der Waals surface area contributed by atoms with E-state index in [0.717, 1.165) is 30.8 Å². The van der Waals surface area contributed by atoms with Gasteiger partial charge < -0.3 is 0 Å². The van der Waals surface area contributed by atoms with Crippen LogP contribution in [0, 0.1) is 19.8 Å². The minimum atomic E-state index is 0.382. The van der Waals surface area contributed by atoms with Gasteiger partial charge in [0.2, 0.25) is 0 Å². The summed E-state index contributed by atoms with van der Waals surface area (Å²) in [5.74, 6) is 0.531. The Morgan fingerprint density at radius 2 is 1.48 bits per heavy atom. The summed E-state index contributed by atoms with van der Waals surface area (Å²) in [6.45, 7) is 14.4. The van der Waals surface area contributed by atoms with Crippen molar-refractivity contribution in [2.75, 3.05) is 7.05 Å². The topological polar surface area (TPSA) is 16.1 Å². The summed E-state index contributed by atoms with van der Waals surface area (Å²) in [4.78, 5) is 7.61. The quantitative estimate of drug-likeness (QED) is 0.384. The monoisotopic (exact) mass is 414 g/mol. The van der Waals surface area contributed by atoms with Crippen LogP contribution in [-0.4, -0.2) is 16.9 Å². The number of nitrogens with zero attached hydrogens (tertiary/aromatic N) is 2. The van der Waals surface area contributed by atoms with Crippen molar-refractivity contribution in [1.29, 1.82) is 0 Å². The first-order chi connectivity index (χ1) is 14.9. The van der Waals surface area contributed by atoms with Crippen LogP contribution in [0.15, 0.2) is 54.6 Å². The van der Waals surface area contributed by atoms with Gasteiger partial charge in [-0.3, -0.25) is 9.88 Å². The molecule has 0 aliphatic heterocycles. The van der Waals surface area contributed by atoms with E-state index in [4.69, 9.17) is 4.98 Å². The van der Waals surface area contributed by atoms with Crippen molar-refractivity contribution < 1.29 is 0 Å². The van der Waals surface area contributed by atoms with Crippen molar-refractivity contribution in [3.8, 4) is 11.3 Å². The molecule has 3 aromatic rings. The van der Waals surface area contributed by atoms with Gasteiger partial charge in [-0.1, -0.05) is 76.2 Å². The van der Waals surface area contributed by atoms with Crippen molar-refractivity contribution in [3.63, 3.8) is 0 Å². The lowest BCUT2D eigenvalue weighted by Crippen LogP contribution is -2.28. The number of pyridine rings is 1. The normalized spacial score (nSPS) is 12.5. The predicted octanol–water partition coefficient (Wildman–Crippen LogP) is 7.32. The zero-order valence-electron chi connectivity index (χ0n) is 20.4. The first-order valence-corrected chi connectivity index (χ1v) is 11.7. The Bertz CT molecular complexity index is 959. The highest BCUT2D eigenvalue weighted by molar-refractivity contribution is 5.69.